The summed E-state index contributed by atoms with van der Waals surface area (Å²) in [5.41, 5.74) is -0.243. The van der Waals surface area contributed by atoms with Gasteiger partial charge in [0, 0.05) is 44.2 Å². The van der Waals surface area contributed by atoms with Crippen LogP contribution >= 0.6 is 0 Å². The Labute approximate surface area is 225 Å². The quantitative estimate of drug-likeness (QED) is 0.330. The van der Waals surface area contributed by atoms with Crippen molar-refractivity contribution in [2.75, 3.05) is 49.2 Å². The van der Waals surface area contributed by atoms with Crippen molar-refractivity contribution in [3.63, 3.8) is 0 Å². The van der Waals surface area contributed by atoms with Gasteiger partial charge in [0.1, 0.15) is 17.6 Å². The molecule has 38 heavy (non-hydrogen) atoms. The highest BCUT2D eigenvalue weighted by molar-refractivity contribution is 6.05. The summed E-state index contributed by atoms with van der Waals surface area (Å²) in [7, 11) is 0. The second-order valence-corrected chi connectivity index (χ2v) is 10.5. The molecule has 1 aromatic carbocycles. The zero-order chi connectivity index (χ0) is 27.7. The minimum atomic E-state index is -1.13. The molecule has 4 rings (SSSR count). The summed E-state index contributed by atoms with van der Waals surface area (Å²) in [6.07, 6.45) is 3.03. The molecule has 1 aromatic rings. The van der Waals surface area contributed by atoms with Crippen molar-refractivity contribution in [3.05, 3.63) is 36.9 Å². The van der Waals surface area contributed by atoms with Gasteiger partial charge in [0.2, 0.25) is 5.91 Å². The number of esters is 1. The number of likely N-dealkylation sites (tertiary alicyclic amines) is 1. The Hall–Kier alpha value is -2.91. The molecule has 5 atom stereocenters. The van der Waals surface area contributed by atoms with Crippen LogP contribution in [0.2, 0.25) is 0 Å². The Balaban J connectivity index is 1.74. The Morgan fingerprint density at radius 3 is 2.42 bits per heavy atom. The second-order valence-electron chi connectivity index (χ2n) is 10.5. The summed E-state index contributed by atoms with van der Waals surface area (Å²) in [6, 6.07) is 6.89. The molecule has 1 spiro atoms. The third-order valence-electron chi connectivity index (χ3n) is 8.48. The summed E-state index contributed by atoms with van der Waals surface area (Å²) in [4.78, 5) is 46.8. The number of hydrogen-bond donors (Lipinski definition) is 1. The molecule has 3 aliphatic heterocycles. The van der Waals surface area contributed by atoms with Gasteiger partial charge in [-0.3, -0.25) is 14.4 Å². The van der Waals surface area contributed by atoms with Crippen LogP contribution < -0.4 is 9.80 Å². The Kier molecular flexibility index (Phi) is 8.18. The summed E-state index contributed by atoms with van der Waals surface area (Å²) in [5.74, 6) is -2.60. The van der Waals surface area contributed by atoms with Crippen LogP contribution in [-0.2, 0) is 23.9 Å². The predicted molar refractivity (Wildman–Crippen MR) is 145 cm³/mol. The van der Waals surface area contributed by atoms with Crippen LogP contribution in [0.15, 0.2) is 36.9 Å². The Bertz CT molecular complexity index is 1060. The number of amides is 2. The minimum absolute atomic E-state index is 0.120. The molecule has 208 valence electrons. The molecule has 0 saturated carbocycles. The summed E-state index contributed by atoms with van der Waals surface area (Å²) < 4.78 is 12.0. The SMILES string of the molecule is C=CCN(C(=O)C1N(CCCO)C(=O)[C@@H]2[C@@H](C(=O)OCC)[C@@]3(C)CCC12O3)c1ccc(N(CC)CC)cc1. The van der Waals surface area contributed by atoms with Gasteiger partial charge < -0.3 is 29.3 Å². The lowest BCUT2D eigenvalue weighted by Crippen LogP contribution is -2.56. The fraction of sp³-hybridized carbons (Fsp3) is 0.621. The highest BCUT2D eigenvalue weighted by atomic mass is 16.6. The number of rotatable bonds is 12. The largest absolute Gasteiger partial charge is 0.466 e. The van der Waals surface area contributed by atoms with E-state index in [2.05, 4.69) is 25.3 Å². The lowest BCUT2D eigenvalue weighted by atomic mass is 9.66. The molecule has 2 unspecified atom stereocenters. The van der Waals surface area contributed by atoms with Crippen molar-refractivity contribution in [2.24, 2.45) is 11.8 Å². The molecule has 3 saturated heterocycles. The van der Waals surface area contributed by atoms with Gasteiger partial charge in [0.05, 0.1) is 18.1 Å². The maximum atomic E-state index is 14.4. The number of carbonyl (C=O) groups is 3. The maximum absolute atomic E-state index is 14.4. The molecular formula is C29H41N3O6. The number of ether oxygens (including phenoxy) is 2. The molecule has 0 radical (unpaired) electrons. The van der Waals surface area contributed by atoms with Crippen molar-refractivity contribution in [2.45, 2.75) is 64.2 Å². The molecule has 2 amide bonds. The smallest absolute Gasteiger partial charge is 0.312 e. The zero-order valence-corrected chi connectivity index (χ0v) is 23.0. The van der Waals surface area contributed by atoms with Gasteiger partial charge in [-0.15, -0.1) is 6.58 Å². The van der Waals surface area contributed by atoms with Crippen molar-refractivity contribution in [1.82, 2.24) is 4.90 Å². The van der Waals surface area contributed by atoms with Gasteiger partial charge in [-0.1, -0.05) is 6.08 Å². The molecule has 9 nitrogen and oxygen atoms in total. The monoisotopic (exact) mass is 527 g/mol. The number of carbonyl (C=O) groups excluding carboxylic acids is 3. The molecule has 1 N–H and O–H groups in total. The van der Waals surface area contributed by atoms with Crippen LogP contribution in [0.1, 0.15) is 47.0 Å². The minimum Gasteiger partial charge on any atom is -0.466 e. The third-order valence-corrected chi connectivity index (χ3v) is 8.48. The third kappa shape index (κ3) is 4.39. The van der Waals surface area contributed by atoms with E-state index in [1.165, 1.54) is 4.90 Å². The molecule has 2 bridgehead atoms. The topological polar surface area (TPSA) is 99.6 Å². The van der Waals surface area contributed by atoms with Gasteiger partial charge >= 0.3 is 5.97 Å². The van der Waals surface area contributed by atoms with Crippen LogP contribution in [-0.4, -0.2) is 84.4 Å². The van der Waals surface area contributed by atoms with Gasteiger partial charge in [-0.2, -0.15) is 0 Å². The predicted octanol–water partition coefficient (Wildman–Crippen LogP) is 2.76. The highest BCUT2D eigenvalue weighted by Gasteiger charge is 2.78. The molecule has 0 aromatic heterocycles. The first kappa shape index (κ1) is 28.1. The lowest BCUT2D eigenvalue weighted by Gasteiger charge is -2.37. The number of aliphatic hydroxyl groups excluding tert-OH is 1. The lowest BCUT2D eigenvalue weighted by molar-refractivity contribution is -0.159. The van der Waals surface area contributed by atoms with Crippen LogP contribution in [0.3, 0.4) is 0 Å². The first-order valence-corrected chi connectivity index (χ1v) is 13.8. The fourth-order valence-corrected chi connectivity index (χ4v) is 6.81. The van der Waals surface area contributed by atoms with Crippen LogP contribution in [0.25, 0.3) is 0 Å². The Morgan fingerprint density at radius 1 is 1.18 bits per heavy atom. The highest BCUT2D eigenvalue weighted by Crippen LogP contribution is 2.63. The number of nitrogens with zero attached hydrogens (tertiary/aromatic N) is 3. The number of benzene rings is 1. The van der Waals surface area contributed by atoms with E-state index in [-0.39, 0.29) is 38.1 Å². The molecule has 0 aliphatic carbocycles. The van der Waals surface area contributed by atoms with Gasteiger partial charge in [0.25, 0.3) is 5.91 Å². The van der Waals surface area contributed by atoms with Crippen molar-refractivity contribution >= 4 is 29.2 Å². The van der Waals surface area contributed by atoms with Gasteiger partial charge in [-0.25, -0.2) is 0 Å². The van der Waals surface area contributed by atoms with Crippen LogP contribution in [0.4, 0.5) is 11.4 Å². The maximum Gasteiger partial charge on any atom is 0.312 e. The first-order valence-electron chi connectivity index (χ1n) is 13.8. The average Bonchev–Trinajstić information content (AvgIpc) is 3.47. The van der Waals surface area contributed by atoms with Crippen molar-refractivity contribution in [1.29, 1.82) is 0 Å². The van der Waals surface area contributed by atoms with Crippen LogP contribution in [0, 0.1) is 11.8 Å². The fourth-order valence-electron chi connectivity index (χ4n) is 6.81. The first-order chi connectivity index (χ1) is 18.2. The van der Waals surface area contributed by atoms with E-state index in [9.17, 15) is 19.5 Å². The number of aliphatic hydroxyl groups is 1. The number of anilines is 2. The Morgan fingerprint density at radius 2 is 1.84 bits per heavy atom. The normalized spacial score (nSPS) is 29.3. The molecule has 3 fully saturated rings. The van der Waals surface area contributed by atoms with E-state index < -0.39 is 35.0 Å². The van der Waals surface area contributed by atoms with E-state index in [0.29, 0.717) is 24.9 Å². The standard InChI is InChI=1S/C29H41N3O6/c1-6-17-31(21-13-11-20(12-14-21)30(7-2)8-3)26(35)24-29-16-15-28(5,38-29)23(27(36)37-9-4)22(29)25(34)32(24)18-10-19-33/h6,11-14,22-24,33H,1,7-10,15-19H2,2-5H3/t22-,23-,24?,28+,29?/m0/s1. The van der Waals surface area contributed by atoms with E-state index in [1.807, 2.05) is 31.2 Å². The zero-order valence-electron chi connectivity index (χ0n) is 23.0. The van der Waals surface area contributed by atoms with Gasteiger partial charge in [0.15, 0.2) is 0 Å². The van der Waals surface area contributed by atoms with Crippen LogP contribution in [0.5, 0.6) is 0 Å². The van der Waals surface area contributed by atoms with Crippen molar-refractivity contribution in [3.8, 4) is 0 Å². The van der Waals surface area contributed by atoms with E-state index in [1.54, 1.807) is 17.9 Å². The summed E-state index contributed by atoms with van der Waals surface area (Å²) in [5, 5.41) is 9.55. The van der Waals surface area contributed by atoms with E-state index in [4.69, 9.17) is 9.47 Å². The van der Waals surface area contributed by atoms with Gasteiger partial charge in [-0.05, 0) is 71.2 Å². The second kappa shape index (κ2) is 11.1. The molecule has 3 aliphatic rings. The summed E-state index contributed by atoms with van der Waals surface area (Å²) in [6.45, 7) is 13.9. The summed E-state index contributed by atoms with van der Waals surface area (Å²) >= 11 is 0. The molecule has 3 heterocycles. The number of hydrogen-bond acceptors (Lipinski definition) is 7. The van der Waals surface area contributed by atoms with Crippen molar-refractivity contribution < 1.29 is 29.0 Å². The number of fused-ring (bicyclic) bond motifs is 1. The average molecular weight is 528 g/mol. The van der Waals surface area contributed by atoms with E-state index in [0.717, 1.165) is 18.8 Å². The molecular weight excluding hydrogens is 486 g/mol. The molecule has 9 heteroatoms. The van der Waals surface area contributed by atoms with E-state index >= 15 is 0 Å².